The Kier molecular flexibility index (Phi) is 6.00. The number of aliphatic hydroxyl groups is 2. The number of carbonyl (C=O) groups is 1. The quantitative estimate of drug-likeness (QED) is 0.434. The molecule has 3 aliphatic carbocycles. The third-order valence-electron chi connectivity index (χ3n) is 9.38. The SMILES string of the molecule is CN[C@H]1[C@@H](O[C@H]2c3cc4ccccc4cc3[C@H]3[C@@H]2C=C[C@]32C(=O)C=Cc3ccc(OC)cc32)O[C@H](C)[C@H](O)[C@@H]1O. The van der Waals surface area contributed by atoms with E-state index in [4.69, 9.17) is 14.2 Å². The number of carbonyl (C=O) groups excluding carboxylic acids is 1. The Morgan fingerprint density at radius 3 is 2.45 bits per heavy atom. The van der Waals surface area contributed by atoms with Crippen molar-refractivity contribution in [3.63, 3.8) is 0 Å². The van der Waals surface area contributed by atoms with Crippen molar-refractivity contribution in [1.29, 1.82) is 0 Å². The van der Waals surface area contributed by atoms with Gasteiger partial charge in [0.05, 0.1) is 30.8 Å². The molecule has 0 saturated carbocycles. The van der Waals surface area contributed by atoms with Gasteiger partial charge in [-0.25, -0.2) is 0 Å². The molecular weight excluding hydrogens is 506 g/mol. The van der Waals surface area contributed by atoms with Crippen LogP contribution >= 0.6 is 0 Å². The van der Waals surface area contributed by atoms with Gasteiger partial charge in [0.2, 0.25) is 0 Å². The van der Waals surface area contributed by atoms with Crippen LogP contribution in [-0.2, 0) is 19.7 Å². The minimum absolute atomic E-state index is 0.0333. The highest BCUT2D eigenvalue weighted by Crippen LogP contribution is 2.63. The molecule has 7 nitrogen and oxygen atoms in total. The molecule has 0 bridgehead atoms. The highest BCUT2D eigenvalue weighted by Gasteiger charge is 2.59. The van der Waals surface area contributed by atoms with Crippen LogP contribution in [0.25, 0.3) is 16.8 Å². The van der Waals surface area contributed by atoms with Crippen molar-refractivity contribution in [2.75, 3.05) is 14.2 Å². The van der Waals surface area contributed by atoms with Gasteiger partial charge in [-0.1, -0.05) is 54.6 Å². The van der Waals surface area contributed by atoms with E-state index in [9.17, 15) is 15.0 Å². The lowest BCUT2D eigenvalue weighted by Gasteiger charge is -2.43. The first-order valence-electron chi connectivity index (χ1n) is 13.8. The van der Waals surface area contributed by atoms with E-state index in [1.807, 2.05) is 36.4 Å². The number of hydrogen-bond donors (Lipinski definition) is 3. The normalized spacial score (nSPS) is 35.7. The summed E-state index contributed by atoms with van der Waals surface area (Å²) in [5.41, 5.74) is 3.10. The summed E-state index contributed by atoms with van der Waals surface area (Å²) in [6.07, 6.45) is 3.83. The second-order valence-corrected chi connectivity index (χ2v) is 11.3. The smallest absolute Gasteiger partial charge is 0.176 e. The number of fused-ring (bicyclic) bond motifs is 7. The number of nitrogens with one attached hydrogen (secondary N) is 1. The fourth-order valence-electron chi connectivity index (χ4n) is 7.36. The maximum atomic E-state index is 14.0. The molecule has 3 N–H and O–H groups in total. The molecule has 4 aliphatic rings. The van der Waals surface area contributed by atoms with E-state index < -0.39 is 42.2 Å². The van der Waals surface area contributed by atoms with Crippen LogP contribution in [-0.4, -0.2) is 60.8 Å². The van der Waals surface area contributed by atoms with E-state index in [1.54, 1.807) is 27.2 Å². The van der Waals surface area contributed by atoms with Crippen LogP contribution in [0.3, 0.4) is 0 Å². The average molecular weight is 540 g/mol. The lowest BCUT2D eigenvalue weighted by atomic mass is 9.63. The fraction of sp³-hybridized carbons (Fsp3) is 0.364. The topological polar surface area (TPSA) is 97.3 Å². The molecule has 40 heavy (non-hydrogen) atoms. The predicted octanol–water partition coefficient (Wildman–Crippen LogP) is 3.78. The number of likely N-dealkylation sites (N-methyl/N-ethyl adjacent to an activating group) is 1. The Morgan fingerprint density at radius 2 is 1.73 bits per heavy atom. The van der Waals surface area contributed by atoms with E-state index in [2.05, 4.69) is 41.7 Å². The summed E-state index contributed by atoms with van der Waals surface area (Å²) >= 11 is 0. The van der Waals surface area contributed by atoms with Gasteiger partial charge < -0.3 is 29.7 Å². The zero-order valence-corrected chi connectivity index (χ0v) is 22.7. The van der Waals surface area contributed by atoms with Gasteiger partial charge in [0.15, 0.2) is 12.1 Å². The molecule has 1 heterocycles. The first-order valence-corrected chi connectivity index (χ1v) is 13.8. The Labute approximate surface area is 233 Å². The van der Waals surface area contributed by atoms with Crippen LogP contribution in [0.5, 0.6) is 5.75 Å². The van der Waals surface area contributed by atoms with Gasteiger partial charge in [0, 0.05) is 11.8 Å². The van der Waals surface area contributed by atoms with Gasteiger partial charge in [0.25, 0.3) is 0 Å². The lowest BCUT2D eigenvalue weighted by molar-refractivity contribution is -0.277. The predicted molar refractivity (Wildman–Crippen MR) is 151 cm³/mol. The van der Waals surface area contributed by atoms with Gasteiger partial charge in [-0.15, -0.1) is 0 Å². The van der Waals surface area contributed by atoms with Crippen LogP contribution in [0.1, 0.15) is 41.2 Å². The molecule has 0 aromatic heterocycles. The molecule has 7 heteroatoms. The zero-order chi connectivity index (χ0) is 27.8. The van der Waals surface area contributed by atoms with Gasteiger partial charge in [-0.3, -0.25) is 4.79 Å². The van der Waals surface area contributed by atoms with Crippen molar-refractivity contribution in [3.05, 3.63) is 95.1 Å². The molecule has 0 unspecified atom stereocenters. The number of benzene rings is 3. The Morgan fingerprint density at radius 1 is 0.975 bits per heavy atom. The van der Waals surface area contributed by atoms with E-state index in [-0.39, 0.29) is 17.6 Å². The zero-order valence-electron chi connectivity index (χ0n) is 22.7. The number of ketones is 1. The number of methoxy groups -OCH3 is 1. The molecule has 9 atom stereocenters. The van der Waals surface area contributed by atoms with Crippen LogP contribution < -0.4 is 10.1 Å². The molecule has 206 valence electrons. The summed E-state index contributed by atoms with van der Waals surface area (Å²) in [6.45, 7) is 1.73. The van der Waals surface area contributed by atoms with Gasteiger partial charge in [-0.05, 0) is 71.3 Å². The summed E-state index contributed by atoms with van der Waals surface area (Å²) in [6, 6.07) is 17.9. The molecule has 3 aromatic carbocycles. The standard InChI is InChI=1S/C33H33NO6/c1-17-29(36)30(37)28(34-2)32(39-17)40-31-22-12-13-33(25-16-21(38-3)10-8-18(25)9-11-26(33)35)27(22)23-14-19-6-4-5-7-20(19)15-24(23)31/h4-17,22,27-32,34,36-37H,1-3H3/t17-,22+,27-,28-,29+,30-,31-,32-,33+/m1/s1. The highest BCUT2D eigenvalue weighted by atomic mass is 16.7. The summed E-state index contributed by atoms with van der Waals surface area (Å²) in [7, 11) is 3.36. The molecule has 0 amide bonds. The number of rotatable bonds is 4. The second-order valence-electron chi connectivity index (χ2n) is 11.3. The summed E-state index contributed by atoms with van der Waals surface area (Å²) in [4.78, 5) is 14.0. The van der Waals surface area contributed by atoms with Crippen molar-refractivity contribution in [1.82, 2.24) is 5.32 Å². The number of ether oxygens (including phenoxy) is 3. The summed E-state index contributed by atoms with van der Waals surface area (Å²) in [5.74, 6) is 0.384. The van der Waals surface area contributed by atoms with Gasteiger partial charge >= 0.3 is 0 Å². The van der Waals surface area contributed by atoms with E-state index in [1.165, 1.54) is 0 Å². The van der Waals surface area contributed by atoms with E-state index >= 15 is 0 Å². The van der Waals surface area contributed by atoms with Crippen molar-refractivity contribution >= 4 is 22.6 Å². The molecule has 1 aliphatic heterocycles. The van der Waals surface area contributed by atoms with Crippen LogP contribution in [0.15, 0.2) is 72.8 Å². The second kappa shape index (κ2) is 9.36. The summed E-state index contributed by atoms with van der Waals surface area (Å²) < 4.78 is 18.5. The molecule has 7 rings (SSSR count). The number of allylic oxidation sites excluding steroid dienone is 2. The summed E-state index contributed by atoms with van der Waals surface area (Å²) in [5, 5.41) is 26.5. The molecule has 1 fully saturated rings. The van der Waals surface area contributed by atoms with Crippen molar-refractivity contribution in [3.8, 4) is 5.75 Å². The molecule has 1 saturated heterocycles. The van der Waals surface area contributed by atoms with Crippen molar-refractivity contribution in [2.45, 2.75) is 55.0 Å². The number of hydrogen-bond acceptors (Lipinski definition) is 7. The van der Waals surface area contributed by atoms with Crippen molar-refractivity contribution < 1.29 is 29.2 Å². The average Bonchev–Trinajstić information content (AvgIpc) is 3.49. The first-order chi connectivity index (χ1) is 19.4. The highest BCUT2D eigenvalue weighted by molar-refractivity contribution is 6.08. The molecule has 3 aromatic rings. The van der Waals surface area contributed by atoms with Crippen LogP contribution in [0.2, 0.25) is 0 Å². The maximum absolute atomic E-state index is 14.0. The van der Waals surface area contributed by atoms with Crippen molar-refractivity contribution in [2.24, 2.45) is 5.92 Å². The van der Waals surface area contributed by atoms with Crippen LogP contribution in [0.4, 0.5) is 0 Å². The first kappa shape index (κ1) is 25.6. The monoisotopic (exact) mass is 539 g/mol. The lowest BCUT2D eigenvalue weighted by Crippen LogP contribution is -2.62. The van der Waals surface area contributed by atoms with Crippen LogP contribution in [0, 0.1) is 5.92 Å². The van der Waals surface area contributed by atoms with Gasteiger partial charge in [0.1, 0.15) is 18.0 Å². The maximum Gasteiger partial charge on any atom is 0.176 e. The van der Waals surface area contributed by atoms with E-state index in [0.29, 0.717) is 5.75 Å². The molecular formula is C33H33NO6. The Bertz CT molecular complexity index is 1560. The molecule has 0 radical (unpaired) electrons. The number of aliphatic hydroxyl groups excluding tert-OH is 2. The third-order valence-corrected chi connectivity index (χ3v) is 9.38. The molecule has 1 spiro atoms. The Hall–Kier alpha value is -3.33. The minimum atomic E-state index is -1.05. The Balaban J connectivity index is 1.39. The van der Waals surface area contributed by atoms with Gasteiger partial charge in [-0.2, -0.15) is 0 Å². The largest absolute Gasteiger partial charge is 0.497 e. The fourth-order valence-corrected chi connectivity index (χ4v) is 7.36. The third kappa shape index (κ3) is 3.52. The van der Waals surface area contributed by atoms with E-state index in [0.717, 1.165) is 33.0 Å². The minimum Gasteiger partial charge on any atom is -0.497 e.